The van der Waals surface area contributed by atoms with Gasteiger partial charge in [0.2, 0.25) is 0 Å². The van der Waals surface area contributed by atoms with Gasteiger partial charge in [-0.3, -0.25) is 0 Å². The number of nitrogens with one attached hydrogen (secondary N) is 1. The average molecular weight is 279 g/mol. The fourth-order valence-corrected chi connectivity index (χ4v) is 1.95. The van der Waals surface area contributed by atoms with E-state index in [9.17, 15) is 13.2 Å². The summed E-state index contributed by atoms with van der Waals surface area (Å²) in [6, 6.07) is 8.22. The van der Waals surface area contributed by atoms with Gasteiger partial charge in [-0.2, -0.15) is 0 Å². The Morgan fingerprint density at radius 3 is 2.35 bits per heavy atom. The molecule has 0 fully saturated rings. The quantitative estimate of drug-likeness (QED) is 0.881. The monoisotopic (exact) mass is 279 g/mol. The zero-order valence-electron chi connectivity index (χ0n) is 11.4. The highest BCUT2D eigenvalue weighted by Gasteiger charge is 2.10. The van der Waals surface area contributed by atoms with Crippen LogP contribution in [0.15, 0.2) is 36.4 Å². The standard InChI is InChI=1S/C16H16F3N/c1-10(2)20-9-12-3-5-13(17)8-14(12)11-4-6-15(18)16(19)7-11/h3-8,10,20H,9H2,1-2H3. The van der Waals surface area contributed by atoms with Crippen molar-refractivity contribution in [1.29, 1.82) is 0 Å². The largest absolute Gasteiger partial charge is 0.310 e. The minimum absolute atomic E-state index is 0.276. The molecule has 0 heterocycles. The molecule has 106 valence electrons. The lowest BCUT2D eigenvalue weighted by Gasteiger charge is -2.13. The van der Waals surface area contributed by atoms with Crippen molar-refractivity contribution in [3.8, 4) is 11.1 Å². The number of rotatable bonds is 4. The summed E-state index contributed by atoms with van der Waals surface area (Å²) in [6.45, 7) is 4.54. The van der Waals surface area contributed by atoms with Gasteiger partial charge >= 0.3 is 0 Å². The molecule has 2 rings (SSSR count). The second-order valence-electron chi connectivity index (χ2n) is 4.97. The van der Waals surface area contributed by atoms with E-state index in [2.05, 4.69) is 5.32 Å². The first kappa shape index (κ1) is 14.6. The van der Waals surface area contributed by atoms with Crippen LogP contribution < -0.4 is 5.32 Å². The normalized spacial score (nSPS) is 11.1. The van der Waals surface area contributed by atoms with E-state index in [1.165, 1.54) is 18.2 Å². The second kappa shape index (κ2) is 6.09. The van der Waals surface area contributed by atoms with Crippen LogP contribution >= 0.6 is 0 Å². The van der Waals surface area contributed by atoms with Gasteiger partial charge in [0, 0.05) is 12.6 Å². The van der Waals surface area contributed by atoms with E-state index in [1.54, 1.807) is 6.07 Å². The first-order valence-electron chi connectivity index (χ1n) is 6.44. The molecule has 2 aromatic rings. The lowest BCUT2D eigenvalue weighted by Crippen LogP contribution is -2.22. The number of hydrogen-bond donors (Lipinski definition) is 1. The van der Waals surface area contributed by atoms with E-state index in [0.29, 0.717) is 17.7 Å². The summed E-state index contributed by atoms with van der Waals surface area (Å²) in [6.07, 6.45) is 0. The third kappa shape index (κ3) is 3.39. The van der Waals surface area contributed by atoms with Crippen molar-refractivity contribution in [3.05, 3.63) is 59.4 Å². The van der Waals surface area contributed by atoms with Crippen LogP contribution in [-0.2, 0) is 6.54 Å². The molecule has 0 bridgehead atoms. The molecule has 0 aliphatic carbocycles. The van der Waals surface area contributed by atoms with Gasteiger partial charge in [0.15, 0.2) is 11.6 Å². The lowest BCUT2D eigenvalue weighted by molar-refractivity contribution is 0.509. The third-order valence-electron chi connectivity index (χ3n) is 3.00. The van der Waals surface area contributed by atoms with Crippen LogP contribution in [0, 0.1) is 17.5 Å². The Balaban J connectivity index is 2.42. The van der Waals surface area contributed by atoms with Crippen molar-refractivity contribution in [2.75, 3.05) is 0 Å². The molecule has 0 aliphatic rings. The van der Waals surface area contributed by atoms with Gasteiger partial charge in [-0.1, -0.05) is 26.0 Å². The smallest absolute Gasteiger partial charge is 0.159 e. The molecule has 0 aromatic heterocycles. The summed E-state index contributed by atoms with van der Waals surface area (Å²) >= 11 is 0. The summed E-state index contributed by atoms with van der Waals surface area (Å²) < 4.78 is 39.7. The van der Waals surface area contributed by atoms with Crippen molar-refractivity contribution in [2.45, 2.75) is 26.4 Å². The molecule has 2 aromatic carbocycles. The van der Waals surface area contributed by atoms with E-state index in [4.69, 9.17) is 0 Å². The third-order valence-corrected chi connectivity index (χ3v) is 3.00. The zero-order chi connectivity index (χ0) is 14.7. The maximum atomic E-state index is 13.4. The number of halogens is 3. The Labute approximate surface area is 116 Å². The Bertz CT molecular complexity index is 609. The molecule has 1 nitrogen and oxygen atoms in total. The first-order chi connectivity index (χ1) is 9.47. The molecule has 0 amide bonds. The summed E-state index contributed by atoms with van der Waals surface area (Å²) in [7, 11) is 0. The summed E-state index contributed by atoms with van der Waals surface area (Å²) in [5.41, 5.74) is 1.87. The molecular formula is C16H16F3N. The fourth-order valence-electron chi connectivity index (χ4n) is 1.95. The van der Waals surface area contributed by atoms with Gasteiger partial charge in [-0.05, 0) is 41.0 Å². The SMILES string of the molecule is CC(C)NCc1ccc(F)cc1-c1ccc(F)c(F)c1. The summed E-state index contributed by atoms with van der Waals surface area (Å²) in [5.74, 6) is -2.25. The molecular weight excluding hydrogens is 263 g/mol. The predicted molar refractivity (Wildman–Crippen MR) is 73.7 cm³/mol. The van der Waals surface area contributed by atoms with Gasteiger partial charge in [0.25, 0.3) is 0 Å². The lowest BCUT2D eigenvalue weighted by atomic mass is 9.99. The minimum Gasteiger partial charge on any atom is -0.310 e. The van der Waals surface area contributed by atoms with Crippen molar-refractivity contribution < 1.29 is 13.2 Å². The van der Waals surface area contributed by atoms with Crippen molar-refractivity contribution in [3.63, 3.8) is 0 Å². The van der Waals surface area contributed by atoms with Crippen LogP contribution in [0.3, 0.4) is 0 Å². The Morgan fingerprint density at radius 2 is 1.70 bits per heavy atom. The van der Waals surface area contributed by atoms with E-state index < -0.39 is 17.5 Å². The zero-order valence-corrected chi connectivity index (χ0v) is 11.4. The molecule has 0 spiro atoms. The van der Waals surface area contributed by atoms with Crippen LogP contribution in [0.2, 0.25) is 0 Å². The van der Waals surface area contributed by atoms with E-state index >= 15 is 0 Å². The Morgan fingerprint density at radius 1 is 0.950 bits per heavy atom. The van der Waals surface area contributed by atoms with Gasteiger partial charge in [-0.25, -0.2) is 13.2 Å². The highest BCUT2D eigenvalue weighted by atomic mass is 19.2. The maximum Gasteiger partial charge on any atom is 0.159 e. The molecule has 1 N–H and O–H groups in total. The topological polar surface area (TPSA) is 12.0 Å². The molecule has 0 saturated heterocycles. The van der Waals surface area contributed by atoms with Crippen LogP contribution in [0.25, 0.3) is 11.1 Å². The van der Waals surface area contributed by atoms with E-state index in [0.717, 1.165) is 17.7 Å². The molecule has 0 atom stereocenters. The van der Waals surface area contributed by atoms with Crippen LogP contribution in [0.1, 0.15) is 19.4 Å². The van der Waals surface area contributed by atoms with Crippen LogP contribution in [0.5, 0.6) is 0 Å². The molecule has 0 saturated carbocycles. The molecule has 0 aliphatic heterocycles. The fraction of sp³-hybridized carbons (Fsp3) is 0.250. The number of hydrogen-bond acceptors (Lipinski definition) is 1. The van der Waals surface area contributed by atoms with Gasteiger partial charge in [-0.15, -0.1) is 0 Å². The highest BCUT2D eigenvalue weighted by Crippen LogP contribution is 2.26. The average Bonchev–Trinajstić information content (AvgIpc) is 2.40. The Kier molecular flexibility index (Phi) is 4.45. The molecule has 4 heteroatoms. The van der Waals surface area contributed by atoms with Crippen LogP contribution in [0.4, 0.5) is 13.2 Å². The van der Waals surface area contributed by atoms with Crippen molar-refractivity contribution in [1.82, 2.24) is 5.32 Å². The second-order valence-corrected chi connectivity index (χ2v) is 4.97. The first-order valence-corrected chi connectivity index (χ1v) is 6.44. The molecule has 0 unspecified atom stereocenters. The van der Waals surface area contributed by atoms with Crippen LogP contribution in [-0.4, -0.2) is 6.04 Å². The van der Waals surface area contributed by atoms with Crippen molar-refractivity contribution in [2.24, 2.45) is 0 Å². The maximum absolute atomic E-state index is 13.4. The Hall–Kier alpha value is -1.81. The minimum atomic E-state index is -0.936. The van der Waals surface area contributed by atoms with Gasteiger partial charge in [0.05, 0.1) is 0 Å². The van der Waals surface area contributed by atoms with Crippen molar-refractivity contribution >= 4 is 0 Å². The summed E-state index contributed by atoms with van der Waals surface area (Å²) in [4.78, 5) is 0. The van der Waals surface area contributed by atoms with E-state index in [-0.39, 0.29) is 6.04 Å². The predicted octanol–water partition coefficient (Wildman–Crippen LogP) is 4.27. The van der Waals surface area contributed by atoms with Gasteiger partial charge in [0.1, 0.15) is 5.82 Å². The molecule has 20 heavy (non-hydrogen) atoms. The number of benzene rings is 2. The van der Waals surface area contributed by atoms with Gasteiger partial charge < -0.3 is 5.32 Å². The van der Waals surface area contributed by atoms with E-state index in [1.807, 2.05) is 13.8 Å². The summed E-state index contributed by atoms with van der Waals surface area (Å²) in [5, 5.41) is 3.23. The highest BCUT2D eigenvalue weighted by molar-refractivity contribution is 5.67. The molecule has 0 radical (unpaired) electrons.